The molecule has 1 atom stereocenters. The van der Waals surface area contributed by atoms with Crippen molar-refractivity contribution >= 4 is 17.5 Å². The quantitative estimate of drug-likeness (QED) is 0.718. The zero-order valence-electron chi connectivity index (χ0n) is 14.8. The van der Waals surface area contributed by atoms with Crippen molar-refractivity contribution in [3.05, 3.63) is 58.6 Å². The average Bonchev–Trinajstić information content (AvgIpc) is 2.61. The molecule has 0 fully saturated rings. The number of benzene rings is 2. The van der Waals surface area contributed by atoms with E-state index >= 15 is 0 Å². The van der Waals surface area contributed by atoms with Crippen LogP contribution in [0.2, 0.25) is 5.02 Å². The first kappa shape index (κ1) is 19.1. The predicted molar refractivity (Wildman–Crippen MR) is 101 cm³/mol. The second-order valence-corrected chi connectivity index (χ2v) is 6.32. The van der Waals surface area contributed by atoms with Gasteiger partial charge in [-0.05, 0) is 68.1 Å². The average molecular weight is 362 g/mol. The standard InChI is InChI=1S/C20H24ClNO3/c1-14-12-18(9-10-19(14)21)25-15(2)20(23)22-11-5-7-16-6-4-8-17(13-16)24-3/h4,6,8-10,12-13,15H,5,7,11H2,1-3H3,(H,22,23)/t15-/m1/s1. The summed E-state index contributed by atoms with van der Waals surface area (Å²) in [4.78, 5) is 12.1. The summed E-state index contributed by atoms with van der Waals surface area (Å²) in [5, 5.41) is 3.59. The fraction of sp³-hybridized carbons (Fsp3) is 0.350. The summed E-state index contributed by atoms with van der Waals surface area (Å²) < 4.78 is 10.9. The van der Waals surface area contributed by atoms with E-state index in [1.807, 2.05) is 31.2 Å². The molecule has 0 aromatic heterocycles. The van der Waals surface area contributed by atoms with Crippen LogP contribution in [0.4, 0.5) is 0 Å². The summed E-state index contributed by atoms with van der Waals surface area (Å²) in [5.41, 5.74) is 2.11. The van der Waals surface area contributed by atoms with Gasteiger partial charge in [0.1, 0.15) is 11.5 Å². The number of halogens is 1. The lowest BCUT2D eigenvalue weighted by atomic mass is 10.1. The summed E-state index contributed by atoms with van der Waals surface area (Å²) >= 11 is 5.99. The highest BCUT2D eigenvalue weighted by atomic mass is 35.5. The molecule has 0 unspecified atom stereocenters. The number of aryl methyl sites for hydroxylation is 2. The maximum atomic E-state index is 12.1. The largest absolute Gasteiger partial charge is 0.497 e. The van der Waals surface area contributed by atoms with Crippen LogP contribution in [0.1, 0.15) is 24.5 Å². The summed E-state index contributed by atoms with van der Waals surface area (Å²) in [7, 11) is 1.66. The number of amides is 1. The molecule has 0 spiro atoms. The van der Waals surface area contributed by atoms with Crippen LogP contribution in [0, 0.1) is 6.92 Å². The van der Waals surface area contributed by atoms with E-state index < -0.39 is 6.10 Å². The number of methoxy groups -OCH3 is 1. The van der Waals surface area contributed by atoms with Gasteiger partial charge >= 0.3 is 0 Å². The van der Waals surface area contributed by atoms with E-state index in [0.717, 1.165) is 24.2 Å². The minimum Gasteiger partial charge on any atom is -0.497 e. The first-order valence-corrected chi connectivity index (χ1v) is 8.71. The normalized spacial score (nSPS) is 11.7. The molecule has 25 heavy (non-hydrogen) atoms. The summed E-state index contributed by atoms with van der Waals surface area (Å²) in [6.07, 6.45) is 1.17. The smallest absolute Gasteiger partial charge is 0.260 e. The van der Waals surface area contributed by atoms with Crippen LogP contribution in [0.3, 0.4) is 0 Å². The van der Waals surface area contributed by atoms with E-state index in [1.165, 1.54) is 5.56 Å². The Morgan fingerprint density at radius 2 is 2.00 bits per heavy atom. The van der Waals surface area contributed by atoms with E-state index in [2.05, 4.69) is 11.4 Å². The predicted octanol–water partition coefficient (Wildman–Crippen LogP) is 4.17. The number of rotatable bonds is 8. The highest BCUT2D eigenvalue weighted by Gasteiger charge is 2.14. The molecule has 0 bridgehead atoms. The molecular formula is C20H24ClNO3. The van der Waals surface area contributed by atoms with Gasteiger partial charge < -0.3 is 14.8 Å². The molecule has 0 radical (unpaired) electrons. The minimum absolute atomic E-state index is 0.127. The van der Waals surface area contributed by atoms with Crippen LogP contribution < -0.4 is 14.8 Å². The van der Waals surface area contributed by atoms with Gasteiger partial charge in [-0.25, -0.2) is 0 Å². The zero-order chi connectivity index (χ0) is 18.2. The molecule has 1 amide bonds. The van der Waals surface area contributed by atoms with Crippen molar-refractivity contribution in [1.29, 1.82) is 0 Å². The summed E-state index contributed by atoms with van der Waals surface area (Å²) in [6, 6.07) is 13.3. The van der Waals surface area contributed by atoms with E-state index in [4.69, 9.17) is 21.1 Å². The molecule has 2 aromatic carbocycles. The van der Waals surface area contributed by atoms with Crippen molar-refractivity contribution in [2.45, 2.75) is 32.8 Å². The highest BCUT2D eigenvalue weighted by molar-refractivity contribution is 6.31. The Morgan fingerprint density at radius 1 is 1.20 bits per heavy atom. The van der Waals surface area contributed by atoms with Gasteiger partial charge in [0.15, 0.2) is 6.10 Å². The molecule has 0 aliphatic carbocycles. The molecule has 2 rings (SSSR count). The van der Waals surface area contributed by atoms with E-state index in [-0.39, 0.29) is 5.91 Å². The first-order chi connectivity index (χ1) is 12.0. The van der Waals surface area contributed by atoms with Gasteiger partial charge in [0, 0.05) is 11.6 Å². The monoisotopic (exact) mass is 361 g/mol. The molecule has 0 heterocycles. The number of hydrogen-bond donors (Lipinski definition) is 1. The van der Waals surface area contributed by atoms with Crippen molar-refractivity contribution < 1.29 is 14.3 Å². The van der Waals surface area contributed by atoms with E-state index in [1.54, 1.807) is 26.2 Å². The molecular weight excluding hydrogens is 338 g/mol. The third-order valence-corrected chi connectivity index (χ3v) is 4.31. The molecule has 0 aliphatic heterocycles. The van der Waals surface area contributed by atoms with Crippen molar-refractivity contribution in [2.24, 2.45) is 0 Å². The maximum absolute atomic E-state index is 12.1. The lowest BCUT2D eigenvalue weighted by Gasteiger charge is -2.15. The van der Waals surface area contributed by atoms with E-state index in [0.29, 0.717) is 17.3 Å². The van der Waals surface area contributed by atoms with Crippen LogP contribution in [0.25, 0.3) is 0 Å². The van der Waals surface area contributed by atoms with Gasteiger partial charge in [-0.2, -0.15) is 0 Å². The van der Waals surface area contributed by atoms with Gasteiger partial charge in [-0.15, -0.1) is 0 Å². The number of ether oxygens (including phenoxy) is 2. The van der Waals surface area contributed by atoms with Crippen LogP contribution in [-0.4, -0.2) is 25.7 Å². The number of hydrogen-bond acceptors (Lipinski definition) is 3. The van der Waals surface area contributed by atoms with Gasteiger partial charge in [-0.1, -0.05) is 23.7 Å². The van der Waals surface area contributed by atoms with Crippen LogP contribution in [0.15, 0.2) is 42.5 Å². The third-order valence-electron chi connectivity index (χ3n) is 3.89. The SMILES string of the molecule is COc1cccc(CCCNC(=O)[C@@H](C)Oc2ccc(Cl)c(C)c2)c1. The van der Waals surface area contributed by atoms with Crippen molar-refractivity contribution in [2.75, 3.05) is 13.7 Å². The molecule has 2 aromatic rings. The molecule has 0 saturated heterocycles. The van der Waals surface area contributed by atoms with Crippen molar-refractivity contribution in [3.63, 3.8) is 0 Å². The molecule has 1 N–H and O–H groups in total. The lowest BCUT2D eigenvalue weighted by molar-refractivity contribution is -0.127. The van der Waals surface area contributed by atoms with Crippen molar-refractivity contribution in [1.82, 2.24) is 5.32 Å². The second kappa shape index (κ2) is 9.33. The molecule has 4 nitrogen and oxygen atoms in total. The highest BCUT2D eigenvalue weighted by Crippen LogP contribution is 2.21. The molecule has 0 aliphatic rings. The van der Waals surface area contributed by atoms with Gasteiger partial charge in [-0.3, -0.25) is 4.79 Å². The fourth-order valence-electron chi connectivity index (χ4n) is 2.42. The van der Waals surface area contributed by atoms with Gasteiger partial charge in [0.05, 0.1) is 7.11 Å². The Hall–Kier alpha value is -2.20. The topological polar surface area (TPSA) is 47.6 Å². The van der Waals surface area contributed by atoms with Crippen LogP contribution in [0.5, 0.6) is 11.5 Å². The molecule has 0 saturated carbocycles. The Morgan fingerprint density at radius 3 is 2.72 bits per heavy atom. The minimum atomic E-state index is -0.558. The fourth-order valence-corrected chi connectivity index (χ4v) is 2.54. The summed E-state index contributed by atoms with van der Waals surface area (Å²) in [5.74, 6) is 1.36. The Kier molecular flexibility index (Phi) is 7.14. The van der Waals surface area contributed by atoms with Gasteiger partial charge in [0.25, 0.3) is 5.91 Å². The third kappa shape index (κ3) is 5.98. The number of carbonyl (C=O) groups is 1. The maximum Gasteiger partial charge on any atom is 0.260 e. The van der Waals surface area contributed by atoms with Crippen molar-refractivity contribution in [3.8, 4) is 11.5 Å². The summed E-state index contributed by atoms with van der Waals surface area (Å²) in [6.45, 7) is 4.24. The van der Waals surface area contributed by atoms with Crippen LogP contribution in [-0.2, 0) is 11.2 Å². The second-order valence-electron chi connectivity index (χ2n) is 5.92. The number of carbonyl (C=O) groups excluding carboxylic acids is 1. The lowest BCUT2D eigenvalue weighted by Crippen LogP contribution is -2.36. The zero-order valence-corrected chi connectivity index (χ0v) is 15.6. The first-order valence-electron chi connectivity index (χ1n) is 8.33. The number of nitrogens with one attached hydrogen (secondary N) is 1. The Bertz CT molecular complexity index is 718. The van der Waals surface area contributed by atoms with Crippen LogP contribution >= 0.6 is 11.6 Å². The Labute approximate surface area is 154 Å². The Balaban J connectivity index is 1.74. The van der Waals surface area contributed by atoms with Gasteiger partial charge in [0.2, 0.25) is 0 Å². The molecule has 134 valence electrons. The van der Waals surface area contributed by atoms with E-state index in [9.17, 15) is 4.79 Å². The molecule has 5 heteroatoms.